The highest BCUT2D eigenvalue weighted by Gasteiger charge is 2.08. The van der Waals surface area contributed by atoms with Gasteiger partial charge in [0.2, 0.25) is 0 Å². The molecule has 0 aromatic heterocycles. The third-order valence-electron chi connectivity index (χ3n) is 2.51. The van der Waals surface area contributed by atoms with Crippen LogP contribution in [0.15, 0.2) is 46.9 Å². The summed E-state index contributed by atoms with van der Waals surface area (Å²) in [5.74, 6) is -0.483. The Labute approximate surface area is 127 Å². The number of nitro groups is 1. The van der Waals surface area contributed by atoms with Gasteiger partial charge in [-0.2, -0.15) is 0 Å². The molecular weight excluding hydrogens is 345 g/mol. The first-order valence-electron chi connectivity index (χ1n) is 5.73. The van der Waals surface area contributed by atoms with Gasteiger partial charge >= 0.3 is 6.03 Å². The highest BCUT2D eigenvalue weighted by atomic mass is 79.9. The molecule has 0 saturated carbocycles. The van der Waals surface area contributed by atoms with Gasteiger partial charge in [-0.05, 0) is 46.3 Å². The second-order valence-corrected chi connectivity index (χ2v) is 4.86. The Kier molecular flexibility index (Phi) is 4.49. The zero-order valence-corrected chi connectivity index (χ0v) is 12.1. The molecule has 0 heterocycles. The van der Waals surface area contributed by atoms with Crippen LogP contribution in [0.5, 0.6) is 0 Å². The van der Waals surface area contributed by atoms with Crippen molar-refractivity contribution in [3.05, 3.63) is 62.9 Å². The van der Waals surface area contributed by atoms with E-state index in [9.17, 15) is 19.3 Å². The number of amides is 2. The first-order valence-corrected chi connectivity index (χ1v) is 6.52. The van der Waals surface area contributed by atoms with Crippen LogP contribution in [0, 0.1) is 15.9 Å². The van der Waals surface area contributed by atoms with Gasteiger partial charge in [0.25, 0.3) is 5.69 Å². The first kappa shape index (κ1) is 14.9. The van der Waals surface area contributed by atoms with Crippen LogP contribution in [0.3, 0.4) is 0 Å². The lowest BCUT2D eigenvalue weighted by Gasteiger charge is -2.09. The summed E-state index contributed by atoms with van der Waals surface area (Å²) in [6, 6.07) is 8.65. The molecule has 0 saturated heterocycles. The number of benzene rings is 2. The van der Waals surface area contributed by atoms with Crippen molar-refractivity contribution in [3.8, 4) is 0 Å². The molecule has 0 unspecified atom stereocenters. The Bertz CT molecular complexity index is 692. The molecule has 21 heavy (non-hydrogen) atoms. The summed E-state index contributed by atoms with van der Waals surface area (Å²) in [5.41, 5.74) is 0.578. The van der Waals surface area contributed by atoms with Crippen LogP contribution in [0.4, 0.5) is 26.2 Å². The fourth-order valence-electron chi connectivity index (χ4n) is 1.54. The van der Waals surface area contributed by atoms with Crippen molar-refractivity contribution in [3.63, 3.8) is 0 Å². The minimum atomic E-state index is -0.588. The fourth-order valence-corrected chi connectivity index (χ4v) is 1.89. The molecule has 0 aliphatic heterocycles. The zero-order valence-electron chi connectivity index (χ0n) is 10.5. The van der Waals surface area contributed by atoms with E-state index in [4.69, 9.17) is 0 Å². The number of carbonyl (C=O) groups excluding carboxylic acids is 1. The van der Waals surface area contributed by atoms with Gasteiger partial charge in [0.15, 0.2) is 0 Å². The third kappa shape index (κ3) is 3.99. The summed E-state index contributed by atoms with van der Waals surface area (Å²) in [6.45, 7) is 0. The molecule has 0 spiro atoms. The summed E-state index contributed by atoms with van der Waals surface area (Å²) in [5, 5.41) is 15.5. The maximum Gasteiger partial charge on any atom is 0.323 e. The van der Waals surface area contributed by atoms with Crippen molar-refractivity contribution in [2.45, 2.75) is 0 Å². The molecule has 0 fully saturated rings. The molecule has 2 N–H and O–H groups in total. The smallest absolute Gasteiger partial charge is 0.308 e. The van der Waals surface area contributed by atoms with Crippen molar-refractivity contribution < 1.29 is 14.1 Å². The summed E-state index contributed by atoms with van der Waals surface area (Å²) >= 11 is 3.19. The van der Waals surface area contributed by atoms with Gasteiger partial charge in [0.1, 0.15) is 5.82 Å². The number of urea groups is 1. The van der Waals surface area contributed by atoms with Crippen LogP contribution in [-0.2, 0) is 0 Å². The second-order valence-electron chi connectivity index (χ2n) is 4.01. The number of non-ortho nitro benzene ring substituents is 1. The average Bonchev–Trinajstić information content (AvgIpc) is 2.43. The van der Waals surface area contributed by atoms with Gasteiger partial charge in [-0.15, -0.1) is 0 Å². The minimum Gasteiger partial charge on any atom is -0.308 e. The average molecular weight is 354 g/mol. The highest BCUT2D eigenvalue weighted by Crippen LogP contribution is 2.23. The summed E-state index contributed by atoms with van der Waals surface area (Å²) in [6.07, 6.45) is 0. The van der Waals surface area contributed by atoms with Gasteiger partial charge in [-0.3, -0.25) is 10.1 Å². The fraction of sp³-hybridized carbons (Fsp3) is 0. The Balaban J connectivity index is 2.04. The predicted molar refractivity (Wildman–Crippen MR) is 79.8 cm³/mol. The first-order chi connectivity index (χ1) is 9.95. The Morgan fingerprint density at radius 3 is 2.43 bits per heavy atom. The van der Waals surface area contributed by atoms with E-state index >= 15 is 0 Å². The van der Waals surface area contributed by atoms with E-state index in [1.807, 2.05) is 0 Å². The van der Waals surface area contributed by atoms with Crippen molar-refractivity contribution in [2.24, 2.45) is 0 Å². The van der Waals surface area contributed by atoms with Crippen LogP contribution in [0.25, 0.3) is 0 Å². The number of hydrogen-bond donors (Lipinski definition) is 2. The van der Waals surface area contributed by atoms with Crippen molar-refractivity contribution in [1.82, 2.24) is 0 Å². The summed E-state index contributed by atoms with van der Waals surface area (Å²) < 4.78 is 13.6. The molecule has 0 bridgehead atoms. The molecular formula is C13H9BrFN3O3. The number of rotatable bonds is 3. The number of hydrogen-bond acceptors (Lipinski definition) is 3. The van der Waals surface area contributed by atoms with E-state index in [0.29, 0.717) is 10.2 Å². The molecule has 0 aliphatic rings. The molecule has 8 heteroatoms. The van der Waals surface area contributed by atoms with Crippen LogP contribution in [0.1, 0.15) is 0 Å². The van der Waals surface area contributed by atoms with Crippen molar-refractivity contribution >= 4 is 39.0 Å². The lowest BCUT2D eigenvalue weighted by atomic mass is 10.3. The van der Waals surface area contributed by atoms with Gasteiger partial charge in [-0.25, -0.2) is 9.18 Å². The summed E-state index contributed by atoms with van der Waals surface area (Å²) in [4.78, 5) is 21.7. The number of halogens is 2. The van der Waals surface area contributed by atoms with Gasteiger partial charge in [0, 0.05) is 22.3 Å². The Morgan fingerprint density at radius 1 is 1.14 bits per heavy atom. The number of anilines is 2. The molecule has 2 aromatic rings. The molecule has 2 amide bonds. The standard InChI is InChI=1S/C13H9BrFN3O3/c14-11-6-1-8(15)7-12(11)17-13(19)16-9-2-4-10(5-3-9)18(20)21/h1-7H,(H2,16,17,19). The quantitative estimate of drug-likeness (QED) is 0.642. The van der Waals surface area contributed by atoms with Crippen molar-refractivity contribution in [2.75, 3.05) is 10.6 Å². The molecule has 2 aromatic carbocycles. The molecule has 6 nitrogen and oxygen atoms in total. The van der Waals surface area contributed by atoms with Crippen molar-refractivity contribution in [1.29, 1.82) is 0 Å². The third-order valence-corrected chi connectivity index (χ3v) is 3.20. The minimum absolute atomic E-state index is 0.0752. The zero-order chi connectivity index (χ0) is 15.4. The Morgan fingerprint density at radius 2 is 1.81 bits per heavy atom. The van der Waals surface area contributed by atoms with Crippen LogP contribution < -0.4 is 10.6 Å². The highest BCUT2D eigenvalue weighted by molar-refractivity contribution is 9.10. The number of nitrogens with one attached hydrogen (secondary N) is 2. The predicted octanol–water partition coefficient (Wildman–Crippen LogP) is 4.14. The number of nitrogens with zero attached hydrogens (tertiary/aromatic N) is 1. The van der Waals surface area contributed by atoms with Gasteiger partial charge < -0.3 is 10.6 Å². The largest absolute Gasteiger partial charge is 0.323 e. The maximum atomic E-state index is 13.1. The summed E-state index contributed by atoms with van der Waals surface area (Å²) in [7, 11) is 0. The van der Waals surface area contributed by atoms with E-state index in [1.54, 1.807) is 0 Å². The van der Waals surface area contributed by atoms with Crippen LogP contribution in [0.2, 0.25) is 0 Å². The van der Waals surface area contributed by atoms with E-state index in [-0.39, 0.29) is 11.4 Å². The van der Waals surface area contributed by atoms with E-state index < -0.39 is 16.8 Å². The molecule has 2 rings (SSSR count). The number of carbonyl (C=O) groups is 1. The topological polar surface area (TPSA) is 84.3 Å². The lowest BCUT2D eigenvalue weighted by Crippen LogP contribution is -2.19. The lowest BCUT2D eigenvalue weighted by molar-refractivity contribution is -0.384. The van der Waals surface area contributed by atoms with Gasteiger partial charge in [-0.1, -0.05) is 0 Å². The maximum absolute atomic E-state index is 13.1. The van der Waals surface area contributed by atoms with Crippen LogP contribution in [-0.4, -0.2) is 11.0 Å². The molecule has 0 aliphatic carbocycles. The number of nitro benzene ring substituents is 1. The van der Waals surface area contributed by atoms with Crippen LogP contribution >= 0.6 is 15.9 Å². The monoisotopic (exact) mass is 353 g/mol. The molecule has 0 atom stereocenters. The van der Waals surface area contributed by atoms with E-state index in [1.165, 1.54) is 42.5 Å². The second kappa shape index (κ2) is 6.31. The normalized spacial score (nSPS) is 10.0. The molecule has 108 valence electrons. The van der Waals surface area contributed by atoms with E-state index in [2.05, 4.69) is 26.6 Å². The molecule has 0 radical (unpaired) electrons. The SMILES string of the molecule is O=C(Nc1ccc([N+](=O)[O-])cc1)Nc1cc(F)ccc1Br. The Hall–Kier alpha value is -2.48. The van der Waals surface area contributed by atoms with Gasteiger partial charge in [0.05, 0.1) is 10.6 Å². The van der Waals surface area contributed by atoms with E-state index in [0.717, 1.165) is 0 Å².